The highest BCUT2D eigenvalue weighted by atomic mass is 35.5. The number of para-hydroxylation sites is 1. The number of hydrogen-bond donors (Lipinski definition) is 1. The quantitative estimate of drug-likeness (QED) is 0.690. The van der Waals surface area contributed by atoms with Gasteiger partial charge in [-0.25, -0.2) is 0 Å². The Bertz CT molecular complexity index is 747. The lowest BCUT2D eigenvalue weighted by atomic mass is 10.2. The number of amides is 1. The monoisotopic (exact) mass is 394 g/mol. The fraction of sp³-hybridized carbons (Fsp3) is 0.500. The van der Waals surface area contributed by atoms with Gasteiger partial charge < -0.3 is 14.6 Å². The zero-order valence-corrected chi connectivity index (χ0v) is 16.4. The van der Waals surface area contributed by atoms with Crippen molar-refractivity contribution in [3.8, 4) is 0 Å². The third-order valence-electron chi connectivity index (χ3n) is 4.16. The van der Waals surface area contributed by atoms with E-state index in [0.29, 0.717) is 10.7 Å². The summed E-state index contributed by atoms with van der Waals surface area (Å²) in [7, 11) is 0. The number of rotatable bonds is 8. The molecule has 0 radical (unpaired) electrons. The van der Waals surface area contributed by atoms with E-state index in [9.17, 15) is 4.79 Å². The van der Waals surface area contributed by atoms with E-state index in [-0.39, 0.29) is 17.8 Å². The molecule has 0 spiro atoms. The minimum Gasteiger partial charge on any atom is -0.376 e. The number of carbonyl (C=O) groups is 1. The molecule has 1 N–H and O–H groups in total. The summed E-state index contributed by atoms with van der Waals surface area (Å²) in [6.45, 7) is 3.68. The van der Waals surface area contributed by atoms with Gasteiger partial charge in [0.2, 0.25) is 5.91 Å². The molecule has 8 heteroatoms. The lowest BCUT2D eigenvalue weighted by molar-refractivity contribution is -0.113. The van der Waals surface area contributed by atoms with Gasteiger partial charge in [-0.3, -0.25) is 4.79 Å². The van der Waals surface area contributed by atoms with E-state index in [2.05, 4.69) is 27.0 Å². The van der Waals surface area contributed by atoms with Crippen molar-refractivity contribution in [2.24, 2.45) is 0 Å². The number of nitrogens with zero attached hydrogens (tertiary/aromatic N) is 3. The maximum absolute atomic E-state index is 12.3. The van der Waals surface area contributed by atoms with E-state index in [1.54, 1.807) is 12.1 Å². The van der Waals surface area contributed by atoms with Crippen LogP contribution in [0.5, 0.6) is 0 Å². The molecule has 1 aliphatic heterocycles. The topological polar surface area (TPSA) is 69.0 Å². The van der Waals surface area contributed by atoms with Gasteiger partial charge in [0, 0.05) is 13.0 Å². The van der Waals surface area contributed by atoms with Gasteiger partial charge >= 0.3 is 0 Å². The van der Waals surface area contributed by atoms with E-state index in [0.717, 1.165) is 49.8 Å². The summed E-state index contributed by atoms with van der Waals surface area (Å²) in [6.07, 6.45) is 4.23. The second-order valence-electron chi connectivity index (χ2n) is 6.21. The molecule has 0 saturated carbocycles. The number of nitrogens with one attached hydrogen (secondary N) is 1. The second kappa shape index (κ2) is 9.39. The minimum absolute atomic E-state index is 0.119. The summed E-state index contributed by atoms with van der Waals surface area (Å²) in [5, 5.41) is 12.7. The van der Waals surface area contributed by atoms with Crippen LogP contribution in [0.1, 0.15) is 32.0 Å². The third kappa shape index (κ3) is 4.99. The van der Waals surface area contributed by atoms with Crippen molar-refractivity contribution in [1.29, 1.82) is 0 Å². The molecule has 26 heavy (non-hydrogen) atoms. The summed E-state index contributed by atoms with van der Waals surface area (Å²) in [5.74, 6) is 1.09. The Morgan fingerprint density at radius 1 is 1.42 bits per heavy atom. The molecule has 2 aromatic rings. The number of aromatic nitrogens is 3. The molecular formula is C18H23ClN4O2S. The highest BCUT2D eigenvalue weighted by Gasteiger charge is 2.21. The highest BCUT2D eigenvalue weighted by molar-refractivity contribution is 7.99. The van der Waals surface area contributed by atoms with Crippen LogP contribution >= 0.6 is 23.4 Å². The van der Waals surface area contributed by atoms with E-state index in [4.69, 9.17) is 16.3 Å². The zero-order valence-electron chi connectivity index (χ0n) is 14.8. The molecule has 140 valence electrons. The first kappa shape index (κ1) is 19.2. The minimum atomic E-state index is -0.119. The summed E-state index contributed by atoms with van der Waals surface area (Å²) in [4.78, 5) is 12.3. The van der Waals surface area contributed by atoms with Crippen molar-refractivity contribution in [1.82, 2.24) is 14.8 Å². The molecule has 1 saturated heterocycles. The lowest BCUT2D eigenvalue weighted by Crippen LogP contribution is -2.19. The first-order valence-corrected chi connectivity index (χ1v) is 10.2. The van der Waals surface area contributed by atoms with Crippen molar-refractivity contribution < 1.29 is 9.53 Å². The molecular weight excluding hydrogens is 372 g/mol. The number of ether oxygens (including phenoxy) is 1. The van der Waals surface area contributed by atoms with E-state index >= 15 is 0 Å². The molecule has 1 aliphatic rings. The Balaban J connectivity index is 1.63. The number of thioether (sulfide) groups is 1. The molecule has 1 fully saturated rings. The Hall–Kier alpha value is -1.57. The van der Waals surface area contributed by atoms with Crippen molar-refractivity contribution >= 4 is 35.0 Å². The van der Waals surface area contributed by atoms with Gasteiger partial charge in [0.1, 0.15) is 5.82 Å². The standard InChI is InChI=1S/C18H23ClN4O2S/c1-2-6-16-21-22-18(23(16)11-13-7-5-10-25-13)26-12-17(24)20-15-9-4-3-8-14(15)19/h3-4,8-9,13H,2,5-7,10-12H2,1H3,(H,20,24)/t13-/m1/s1. The van der Waals surface area contributed by atoms with Crippen LogP contribution in [0, 0.1) is 0 Å². The second-order valence-corrected chi connectivity index (χ2v) is 7.56. The smallest absolute Gasteiger partial charge is 0.234 e. The Morgan fingerprint density at radius 2 is 2.27 bits per heavy atom. The molecule has 1 aromatic carbocycles. The first-order valence-electron chi connectivity index (χ1n) is 8.88. The van der Waals surface area contributed by atoms with Crippen molar-refractivity contribution in [3.63, 3.8) is 0 Å². The van der Waals surface area contributed by atoms with Crippen LogP contribution in [0.15, 0.2) is 29.4 Å². The fourth-order valence-electron chi connectivity index (χ4n) is 2.89. The maximum atomic E-state index is 12.3. The van der Waals surface area contributed by atoms with Gasteiger partial charge in [0.05, 0.1) is 29.1 Å². The van der Waals surface area contributed by atoms with Gasteiger partial charge in [-0.05, 0) is 31.4 Å². The predicted octanol–water partition coefficient (Wildman–Crippen LogP) is 3.79. The fourth-order valence-corrected chi connectivity index (χ4v) is 3.84. The molecule has 6 nitrogen and oxygen atoms in total. The maximum Gasteiger partial charge on any atom is 0.234 e. The normalized spacial score (nSPS) is 16.8. The summed E-state index contributed by atoms with van der Waals surface area (Å²) < 4.78 is 7.86. The van der Waals surface area contributed by atoms with Crippen molar-refractivity contribution in [3.05, 3.63) is 35.1 Å². The average Bonchev–Trinajstić information content (AvgIpc) is 3.27. The Labute approximate surface area is 162 Å². The molecule has 1 atom stereocenters. The van der Waals surface area contributed by atoms with Gasteiger partial charge in [-0.2, -0.15) is 0 Å². The number of benzene rings is 1. The number of hydrogen-bond acceptors (Lipinski definition) is 5. The lowest BCUT2D eigenvalue weighted by Gasteiger charge is -2.14. The summed E-state index contributed by atoms with van der Waals surface area (Å²) in [5.41, 5.74) is 0.618. The molecule has 0 unspecified atom stereocenters. The van der Waals surface area contributed by atoms with Crippen LogP contribution in [0.25, 0.3) is 0 Å². The van der Waals surface area contributed by atoms with Crippen molar-refractivity contribution in [2.45, 2.75) is 50.4 Å². The molecule has 1 amide bonds. The molecule has 1 aromatic heterocycles. The van der Waals surface area contributed by atoms with Crippen LogP contribution in [0.2, 0.25) is 5.02 Å². The highest BCUT2D eigenvalue weighted by Crippen LogP contribution is 2.24. The van der Waals surface area contributed by atoms with Crippen LogP contribution in [0.3, 0.4) is 0 Å². The number of halogens is 1. The molecule has 3 rings (SSSR count). The number of carbonyl (C=O) groups excluding carboxylic acids is 1. The Morgan fingerprint density at radius 3 is 3.00 bits per heavy atom. The number of aryl methyl sites for hydroxylation is 1. The van der Waals surface area contributed by atoms with Crippen LogP contribution in [-0.4, -0.2) is 39.1 Å². The van der Waals surface area contributed by atoms with Gasteiger partial charge in [-0.1, -0.05) is 42.4 Å². The molecule has 0 bridgehead atoms. The van der Waals surface area contributed by atoms with Crippen LogP contribution in [-0.2, 0) is 22.5 Å². The SMILES string of the molecule is CCCc1nnc(SCC(=O)Nc2ccccc2Cl)n1C[C@H]1CCCO1. The first-order chi connectivity index (χ1) is 12.7. The van der Waals surface area contributed by atoms with E-state index in [1.807, 2.05) is 12.1 Å². The van der Waals surface area contributed by atoms with Crippen molar-refractivity contribution in [2.75, 3.05) is 17.7 Å². The van der Waals surface area contributed by atoms with E-state index < -0.39 is 0 Å². The zero-order chi connectivity index (χ0) is 18.4. The summed E-state index contributed by atoms with van der Waals surface area (Å²) in [6, 6.07) is 7.20. The third-order valence-corrected chi connectivity index (χ3v) is 5.45. The average molecular weight is 395 g/mol. The number of anilines is 1. The van der Waals surface area contributed by atoms with Gasteiger partial charge in [0.15, 0.2) is 5.16 Å². The molecule has 0 aliphatic carbocycles. The predicted molar refractivity (Wildman–Crippen MR) is 104 cm³/mol. The molecule has 2 heterocycles. The van der Waals surface area contributed by atoms with Crippen LogP contribution in [0.4, 0.5) is 5.69 Å². The summed E-state index contributed by atoms with van der Waals surface area (Å²) >= 11 is 7.47. The van der Waals surface area contributed by atoms with Gasteiger partial charge in [0.25, 0.3) is 0 Å². The Kier molecular flexibility index (Phi) is 6.93. The van der Waals surface area contributed by atoms with Gasteiger partial charge in [-0.15, -0.1) is 10.2 Å². The van der Waals surface area contributed by atoms with Crippen LogP contribution < -0.4 is 5.32 Å². The largest absolute Gasteiger partial charge is 0.376 e. The van der Waals surface area contributed by atoms with E-state index in [1.165, 1.54) is 11.8 Å².